The highest BCUT2D eigenvalue weighted by molar-refractivity contribution is 7.16. The Morgan fingerprint density at radius 1 is 1.13 bits per heavy atom. The normalized spacial score (nSPS) is 15.9. The van der Waals surface area contributed by atoms with Crippen molar-refractivity contribution in [3.8, 4) is 10.7 Å². The molecule has 0 aliphatic carbocycles. The lowest BCUT2D eigenvalue weighted by molar-refractivity contribution is 0.0685. The van der Waals surface area contributed by atoms with Gasteiger partial charge < -0.3 is 9.88 Å². The molecule has 1 N–H and O–H groups in total. The van der Waals surface area contributed by atoms with E-state index in [0.29, 0.717) is 28.7 Å². The van der Waals surface area contributed by atoms with Gasteiger partial charge in [0.2, 0.25) is 5.01 Å². The number of rotatable bonds is 3. The lowest BCUT2D eigenvalue weighted by Crippen LogP contribution is -2.41. The van der Waals surface area contributed by atoms with E-state index in [4.69, 9.17) is 5.10 Å². The van der Waals surface area contributed by atoms with Crippen molar-refractivity contribution in [2.75, 3.05) is 6.54 Å². The van der Waals surface area contributed by atoms with E-state index in [1.807, 2.05) is 53.2 Å². The van der Waals surface area contributed by atoms with Gasteiger partial charge >= 0.3 is 0 Å². The second kappa shape index (κ2) is 7.10. The van der Waals surface area contributed by atoms with Gasteiger partial charge in [-0.15, -0.1) is 10.2 Å². The van der Waals surface area contributed by atoms with Crippen LogP contribution in [0.25, 0.3) is 16.2 Å². The summed E-state index contributed by atoms with van der Waals surface area (Å²) >= 11 is 1.24. The van der Waals surface area contributed by atoms with Crippen LogP contribution in [0.1, 0.15) is 32.9 Å². The molecule has 0 fully saturated rings. The van der Waals surface area contributed by atoms with Gasteiger partial charge in [-0.1, -0.05) is 23.5 Å². The lowest BCUT2D eigenvalue weighted by atomic mass is 9.99. The molecule has 6 rings (SSSR count). The highest BCUT2D eigenvalue weighted by Gasteiger charge is 2.37. The number of fused-ring (bicyclic) bond motifs is 2. The molecule has 1 aliphatic rings. The number of hydrogen-bond acceptors (Lipinski definition) is 7. The number of nitrogens with zero attached hydrogens (tertiary/aromatic N) is 7. The molecule has 0 radical (unpaired) electrons. The van der Waals surface area contributed by atoms with Gasteiger partial charge in [-0.3, -0.25) is 9.78 Å². The van der Waals surface area contributed by atoms with E-state index >= 15 is 0 Å². The molecule has 1 aliphatic heterocycles. The summed E-state index contributed by atoms with van der Waals surface area (Å²) in [6, 6.07) is 13.0. The highest BCUT2D eigenvalue weighted by Crippen LogP contribution is 2.35. The third kappa shape index (κ3) is 2.99. The summed E-state index contributed by atoms with van der Waals surface area (Å²) in [5.74, 6) is -0.185. The van der Waals surface area contributed by atoms with Gasteiger partial charge in [0, 0.05) is 31.1 Å². The standard InChI is InChI=1S/C21H16N8OS/c30-21(20-26-25-19(31-20)15-6-1-3-8-22-15)28-10-7-14-17(24-12-23-14)18(28)16-11-13-5-2-4-9-29(13)27-16/h1-6,8-9,11-12,18H,7,10H2,(H,23,24). The summed E-state index contributed by atoms with van der Waals surface area (Å²) in [6.07, 6.45) is 5.95. The molecule has 152 valence electrons. The fourth-order valence-corrected chi connectivity index (χ4v) is 4.69. The number of aromatic nitrogens is 7. The molecule has 31 heavy (non-hydrogen) atoms. The summed E-state index contributed by atoms with van der Waals surface area (Å²) in [7, 11) is 0. The largest absolute Gasteiger partial charge is 0.348 e. The van der Waals surface area contributed by atoms with E-state index in [1.54, 1.807) is 17.4 Å². The summed E-state index contributed by atoms with van der Waals surface area (Å²) in [6.45, 7) is 0.533. The van der Waals surface area contributed by atoms with E-state index < -0.39 is 6.04 Å². The minimum absolute atomic E-state index is 0.185. The first-order chi connectivity index (χ1) is 15.3. The van der Waals surface area contributed by atoms with E-state index in [2.05, 4.69) is 25.1 Å². The van der Waals surface area contributed by atoms with Crippen molar-refractivity contribution in [1.82, 2.24) is 39.7 Å². The second-order valence-electron chi connectivity index (χ2n) is 7.18. The zero-order valence-corrected chi connectivity index (χ0v) is 17.0. The molecule has 0 aromatic carbocycles. The predicted octanol–water partition coefficient (Wildman–Crippen LogP) is 2.76. The number of carbonyl (C=O) groups excluding carboxylic acids is 1. The van der Waals surface area contributed by atoms with Crippen LogP contribution in [0.4, 0.5) is 0 Å². The maximum atomic E-state index is 13.5. The Morgan fingerprint density at radius 3 is 2.94 bits per heavy atom. The zero-order chi connectivity index (χ0) is 20.8. The molecule has 9 nitrogen and oxygen atoms in total. The minimum Gasteiger partial charge on any atom is -0.348 e. The van der Waals surface area contributed by atoms with E-state index in [9.17, 15) is 4.79 Å². The first kappa shape index (κ1) is 17.9. The Morgan fingerprint density at radius 2 is 2.06 bits per heavy atom. The Bertz CT molecular complexity index is 1360. The fraction of sp³-hybridized carbons (Fsp3) is 0.143. The predicted molar refractivity (Wildman–Crippen MR) is 114 cm³/mol. The van der Waals surface area contributed by atoms with E-state index in [-0.39, 0.29) is 5.91 Å². The molecule has 1 unspecified atom stereocenters. The van der Waals surface area contributed by atoms with Crippen molar-refractivity contribution in [1.29, 1.82) is 0 Å². The van der Waals surface area contributed by atoms with Crippen LogP contribution in [0, 0.1) is 0 Å². The molecule has 5 aromatic heterocycles. The van der Waals surface area contributed by atoms with Gasteiger partial charge in [-0.25, -0.2) is 9.50 Å². The van der Waals surface area contributed by atoms with E-state index in [1.165, 1.54) is 11.3 Å². The maximum Gasteiger partial charge on any atom is 0.285 e. The van der Waals surface area contributed by atoms with Gasteiger partial charge in [0.15, 0.2) is 5.01 Å². The average molecular weight is 428 g/mol. The highest BCUT2D eigenvalue weighted by atomic mass is 32.1. The molecule has 5 aromatic rings. The topological polar surface area (TPSA) is 105 Å². The van der Waals surface area contributed by atoms with Crippen LogP contribution in [0.15, 0.2) is 61.2 Å². The molecule has 0 spiro atoms. The first-order valence-corrected chi connectivity index (χ1v) is 10.6. The Balaban J connectivity index is 1.40. The number of H-pyrrole nitrogens is 1. The average Bonchev–Trinajstić information content (AvgIpc) is 3.57. The quantitative estimate of drug-likeness (QED) is 0.474. The Kier molecular flexibility index (Phi) is 4.10. The number of imidazole rings is 1. The number of amides is 1. The molecule has 10 heteroatoms. The molecule has 0 saturated heterocycles. The molecule has 6 heterocycles. The maximum absolute atomic E-state index is 13.5. The van der Waals surface area contributed by atoms with Crippen molar-refractivity contribution >= 4 is 22.8 Å². The Labute approximate surface area is 180 Å². The molecular formula is C21H16N8OS. The van der Waals surface area contributed by atoms with Gasteiger partial charge in [0.1, 0.15) is 11.7 Å². The van der Waals surface area contributed by atoms with Crippen LogP contribution in [-0.2, 0) is 6.42 Å². The molecule has 1 atom stereocenters. The second-order valence-corrected chi connectivity index (χ2v) is 8.16. The number of pyridine rings is 2. The number of aromatic amines is 1. The molecule has 0 bridgehead atoms. The van der Waals surface area contributed by atoms with E-state index in [0.717, 1.165) is 22.6 Å². The number of carbonyl (C=O) groups is 1. The zero-order valence-electron chi connectivity index (χ0n) is 16.2. The van der Waals surface area contributed by atoms with Crippen molar-refractivity contribution in [3.63, 3.8) is 0 Å². The van der Waals surface area contributed by atoms with Gasteiger partial charge in [-0.05, 0) is 30.3 Å². The third-order valence-electron chi connectivity index (χ3n) is 5.35. The Hall–Kier alpha value is -3.92. The van der Waals surface area contributed by atoms with Gasteiger partial charge in [0.05, 0.1) is 23.2 Å². The summed E-state index contributed by atoms with van der Waals surface area (Å²) in [5.41, 5.74) is 4.27. The lowest BCUT2D eigenvalue weighted by Gasteiger charge is -2.33. The fourth-order valence-electron chi connectivity index (χ4n) is 3.91. The van der Waals surface area contributed by atoms with Crippen LogP contribution in [0.3, 0.4) is 0 Å². The van der Waals surface area contributed by atoms with Crippen molar-refractivity contribution in [2.24, 2.45) is 0 Å². The SMILES string of the molecule is O=C(c1nnc(-c2ccccn2)s1)N1CCc2[nH]cnc2C1c1cc2ccccn2n1. The summed E-state index contributed by atoms with van der Waals surface area (Å²) < 4.78 is 1.81. The van der Waals surface area contributed by atoms with Gasteiger partial charge in [0.25, 0.3) is 5.91 Å². The smallest absolute Gasteiger partial charge is 0.285 e. The minimum atomic E-state index is -0.399. The molecule has 0 saturated carbocycles. The van der Waals surface area contributed by atoms with Gasteiger partial charge in [-0.2, -0.15) is 5.10 Å². The molecule has 1 amide bonds. The molecular weight excluding hydrogens is 412 g/mol. The van der Waals surface area contributed by atoms with Crippen LogP contribution in [0.2, 0.25) is 0 Å². The first-order valence-electron chi connectivity index (χ1n) is 9.80. The van der Waals surface area contributed by atoms with Crippen LogP contribution in [-0.4, -0.2) is 52.1 Å². The van der Waals surface area contributed by atoms with Crippen LogP contribution >= 0.6 is 11.3 Å². The number of hydrogen-bond donors (Lipinski definition) is 1. The number of nitrogens with one attached hydrogen (secondary N) is 1. The van der Waals surface area contributed by atoms with Crippen LogP contribution < -0.4 is 0 Å². The summed E-state index contributed by atoms with van der Waals surface area (Å²) in [4.78, 5) is 27.3. The van der Waals surface area contributed by atoms with Crippen LogP contribution in [0.5, 0.6) is 0 Å². The van der Waals surface area contributed by atoms with Crippen molar-refractivity contribution in [3.05, 3.63) is 83.3 Å². The monoisotopic (exact) mass is 428 g/mol. The summed E-state index contributed by atoms with van der Waals surface area (Å²) in [5, 5.41) is 14.0. The van der Waals surface area contributed by atoms with Crippen molar-refractivity contribution in [2.45, 2.75) is 12.5 Å². The van der Waals surface area contributed by atoms with Crippen molar-refractivity contribution < 1.29 is 4.79 Å². The third-order valence-corrected chi connectivity index (χ3v) is 6.28.